The Morgan fingerprint density at radius 3 is 2.68 bits per heavy atom. The molecular weight excluding hydrogens is 414 g/mol. The van der Waals surface area contributed by atoms with Gasteiger partial charge >= 0.3 is 6.03 Å². The van der Waals surface area contributed by atoms with E-state index >= 15 is 0 Å². The number of rotatable bonds is 3. The van der Waals surface area contributed by atoms with Crippen LogP contribution in [0, 0.1) is 29.6 Å². The second-order valence-electron chi connectivity index (χ2n) is 9.98. The molecule has 8 nitrogen and oxygen atoms in total. The Balaban J connectivity index is 1.37. The molecule has 4 N–H and O–H groups in total. The fraction of sp³-hybridized carbons (Fsp3) is 0.864. The Labute approximate surface area is 189 Å². The molecule has 8 atom stereocenters. The summed E-state index contributed by atoms with van der Waals surface area (Å²) in [6, 6.07) is 0.327. The van der Waals surface area contributed by atoms with Crippen molar-refractivity contribution in [1.82, 2.24) is 26.2 Å². The van der Waals surface area contributed by atoms with Crippen molar-refractivity contribution in [3.63, 3.8) is 0 Å². The molecule has 0 aromatic carbocycles. The first-order valence-corrected chi connectivity index (χ1v) is 12.8. The van der Waals surface area contributed by atoms with E-state index in [0.717, 1.165) is 44.5 Å². The van der Waals surface area contributed by atoms with Gasteiger partial charge in [-0.15, -0.1) is 11.8 Å². The summed E-state index contributed by atoms with van der Waals surface area (Å²) in [4.78, 5) is 40.3. The van der Waals surface area contributed by atoms with Crippen LogP contribution >= 0.6 is 11.8 Å². The normalized spacial score (nSPS) is 40.9. The lowest BCUT2D eigenvalue weighted by molar-refractivity contribution is -0.149. The third-order valence-electron chi connectivity index (χ3n) is 7.95. The summed E-state index contributed by atoms with van der Waals surface area (Å²) in [5.41, 5.74) is -0.137. The zero-order valence-corrected chi connectivity index (χ0v) is 19.7. The lowest BCUT2D eigenvalue weighted by Gasteiger charge is -2.50. The monoisotopic (exact) mass is 451 g/mol. The molecule has 1 saturated carbocycles. The van der Waals surface area contributed by atoms with Gasteiger partial charge in [0.05, 0.1) is 0 Å². The van der Waals surface area contributed by atoms with Gasteiger partial charge in [0, 0.05) is 49.8 Å². The average Bonchev–Trinajstić information content (AvgIpc) is 3.24. The topological polar surface area (TPSA) is 103 Å². The van der Waals surface area contributed by atoms with Gasteiger partial charge in [-0.3, -0.25) is 20.2 Å². The highest BCUT2D eigenvalue weighted by atomic mass is 32.2. The molecule has 3 saturated heterocycles. The van der Waals surface area contributed by atoms with E-state index in [0.29, 0.717) is 30.3 Å². The lowest BCUT2D eigenvalue weighted by atomic mass is 9.64. The van der Waals surface area contributed by atoms with Crippen LogP contribution in [0.2, 0.25) is 0 Å². The number of carbonyl (C=O) groups excluding carboxylic acids is 3. The van der Waals surface area contributed by atoms with Gasteiger partial charge in [0.1, 0.15) is 5.50 Å². The second-order valence-corrected chi connectivity index (χ2v) is 11.2. The maximum absolute atomic E-state index is 13.3. The van der Waals surface area contributed by atoms with Gasteiger partial charge < -0.3 is 15.5 Å². The minimum atomic E-state index is -0.439. The molecule has 31 heavy (non-hydrogen) atoms. The smallest absolute Gasteiger partial charge is 0.323 e. The molecule has 4 amide bonds. The molecule has 0 aromatic rings. The summed E-state index contributed by atoms with van der Waals surface area (Å²) in [5, 5.41) is 12.1. The minimum absolute atomic E-state index is 0.0278. The van der Waals surface area contributed by atoms with Gasteiger partial charge in [-0.2, -0.15) is 0 Å². The van der Waals surface area contributed by atoms with E-state index in [9.17, 15) is 14.4 Å². The number of hydrogen-bond acceptors (Lipinski definition) is 6. The maximum Gasteiger partial charge on any atom is 0.323 e. The van der Waals surface area contributed by atoms with Crippen molar-refractivity contribution in [1.29, 1.82) is 0 Å². The Kier molecular flexibility index (Phi) is 7.13. The highest BCUT2D eigenvalue weighted by Gasteiger charge is 2.47. The number of likely N-dealkylation sites (tertiary alicyclic amines) is 1. The quantitative estimate of drug-likeness (QED) is 0.516. The van der Waals surface area contributed by atoms with Crippen LogP contribution in [0.3, 0.4) is 0 Å². The van der Waals surface area contributed by atoms with Crippen molar-refractivity contribution >= 4 is 29.6 Å². The molecule has 4 fully saturated rings. The SMILES string of the molecule is CC1CC2C(CN1)CC(C1CC(C(=O)NC(=O)NC3NCCS3)CCC1C)C(=O)N2C. The Morgan fingerprint density at radius 2 is 1.94 bits per heavy atom. The van der Waals surface area contributed by atoms with Crippen LogP contribution in [0.15, 0.2) is 0 Å². The van der Waals surface area contributed by atoms with Gasteiger partial charge in [-0.25, -0.2) is 4.79 Å². The zero-order valence-electron chi connectivity index (χ0n) is 18.9. The van der Waals surface area contributed by atoms with Crippen molar-refractivity contribution in [2.75, 3.05) is 25.9 Å². The van der Waals surface area contributed by atoms with Crippen LogP contribution in [-0.2, 0) is 9.59 Å². The van der Waals surface area contributed by atoms with Gasteiger partial charge in [-0.05, 0) is 56.8 Å². The van der Waals surface area contributed by atoms with Gasteiger partial charge in [-0.1, -0.05) is 6.92 Å². The van der Waals surface area contributed by atoms with Crippen molar-refractivity contribution in [3.05, 3.63) is 0 Å². The molecule has 1 aliphatic carbocycles. The molecule has 0 bridgehead atoms. The number of piperidine rings is 2. The fourth-order valence-electron chi connectivity index (χ4n) is 6.09. The third kappa shape index (κ3) is 5.03. The van der Waals surface area contributed by atoms with E-state index in [1.165, 1.54) is 0 Å². The first-order valence-electron chi connectivity index (χ1n) is 11.8. The van der Waals surface area contributed by atoms with Crippen molar-refractivity contribution in [3.8, 4) is 0 Å². The Hall–Kier alpha value is -1.32. The highest BCUT2D eigenvalue weighted by molar-refractivity contribution is 8.00. The van der Waals surface area contributed by atoms with E-state index in [2.05, 4.69) is 35.1 Å². The molecule has 9 heteroatoms. The second kappa shape index (κ2) is 9.67. The number of imide groups is 1. The number of amides is 4. The molecule has 0 radical (unpaired) electrons. The summed E-state index contributed by atoms with van der Waals surface area (Å²) < 4.78 is 0. The number of hydrogen-bond donors (Lipinski definition) is 4. The standard InChI is InChI=1S/C22H37N5O3S/c1-12-4-5-14(19(28)25-21(30)26-22-23-6-7-31-22)9-16(12)17-10-15-11-24-13(2)8-18(15)27(3)20(17)29/h12-18,22-24H,4-11H2,1-3H3,(H2,25,26,28,30). The van der Waals surface area contributed by atoms with Crippen molar-refractivity contribution in [2.45, 2.75) is 63.5 Å². The van der Waals surface area contributed by atoms with Crippen molar-refractivity contribution in [2.24, 2.45) is 29.6 Å². The predicted octanol–water partition coefficient (Wildman–Crippen LogP) is 1.33. The van der Waals surface area contributed by atoms with Crippen LogP contribution < -0.4 is 21.3 Å². The lowest BCUT2D eigenvalue weighted by Crippen LogP contribution is -2.60. The number of thioether (sulfide) groups is 1. The molecule has 174 valence electrons. The molecule has 0 aromatic heterocycles. The van der Waals surface area contributed by atoms with Gasteiger partial charge in [0.15, 0.2) is 0 Å². The number of nitrogens with one attached hydrogen (secondary N) is 4. The zero-order chi connectivity index (χ0) is 22.1. The summed E-state index contributed by atoms with van der Waals surface area (Å²) in [5.74, 6) is 1.82. The Morgan fingerprint density at radius 1 is 1.13 bits per heavy atom. The molecule has 4 rings (SSSR count). The third-order valence-corrected chi connectivity index (χ3v) is 9.01. The minimum Gasteiger partial charge on any atom is -0.342 e. The van der Waals surface area contributed by atoms with Gasteiger partial charge in [0.25, 0.3) is 0 Å². The van der Waals surface area contributed by atoms with E-state index in [1.807, 2.05) is 11.9 Å². The van der Waals surface area contributed by atoms with E-state index in [4.69, 9.17) is 0 Å². The van der Waals surface area contributed by atoms with E-state index in [1.54, 1.807) is 11.8 Å². The summed E-state index contributed by atoms with van der Waals surface area (Å²) in [7, 11) is 1.96. The molecule has 0 spiro atoms. The Bertz CT molecular complexity index is 701. The van der Waals surface area contributed by atoms with Crippen LogP contribution in [0.5, 0.6) is 0 Å². The average molecular weight is 452 g/mol. The summed E-state index contributed by atoms with van der Waals surface area (Å²) in [6.07, 6.45) is 4.29. The fourth-order valence-corrected chi connectivity index (χ4v) is 6.99. The molecule has 3 heterocycles. The maximum atomic E-state index is 13.3. The first-order chi connectivity index (χ1) is 14.8. The number of carbonyl (C=O) groups is 3. The van der Waals surface area contributed by atoms with Crippen molar-refractivity contribution < 1.29 is 14.4 Å². The predicted molar refractivity (Wildman–Crippen MR) is 121 cm³/mol. The van der Waals surface area contributed by atoms with E-state index in [-0.39, 0.29) is 35.1 Å². The summed E-state index contributed by atoms with van der Waals surface area (Å²) >= 11 is 1.62. The summed E-state index contributed by atoms with van der Waals surface area (Å²) in [6.45, 7) is 6.21. The number of nitrogens with zero attached hydrogens (tertiary/aromatic N) is 1. The van der Waals surface area contributed by atoms with Gasteiger partial charge in [0.2, 0.25) is 11.8 Å². The number of fused-ring (bicyclic) bond motifs is 1. The largest absolute Gasteiger partial charge is 0.342 e. The molecular formula is C22H37N5O3S. The highest BCUT2D eigenvalue weighted by Crippen LogP contribution is 2.44. The van der Waals surface area contributed by atoms with Crippen LogP contribution in [0.25, 0.3) is 0 Å². The molecule has 3 aliphatic heterocycles. The number of urea groups is 1. The molecule has 8 unspecified atom stereocenters. The molecule has 4 aliphatic rings. The van der Waals surface area contributed by atoms with E-state index < -0.39 is 6.03 Å². The van der Waals surface area contributed by atoms with Crippen LogP contribution in [0.4, 0.5) is 4.79 Å². The first kappa shape index (κ1) is 22.9. The van der Waals surface area contributed by atoms with Crippen LogP contribution in [-0.4, -0.2) is 66.2 Å². The van der Waals surface area contributed by atoms with Crippen LogP contribution in [0.1, 0.15) is 46.0 Å².